The lowest BCUT2D eigenvalue weighted by Gasteiger charge is -2.09. The molecule has 0 N–H and O–H groups in total. The molecule has 84 valence electrons. The van der Waals surface area contributed by atoms with E-state index >= 15 is 0 Å². The third kappa shape index (κ3) is 2.24. The predicted molar refractivity (Wildman–Crippen MR) is 63.4 cm³/mol. The molecular formula is C13H16N2O. The van der Waals surface area contributed by atoms with Crippen LogP contribution in [-0.2, 0) is 13.2 Å². The smallest absolute Gasteiger partial charge is 0.146 e. The predicted octanol–water partition coefficient (Wildman–Crippen LogP) is 2.79. The molecule has 0 aliphatic heterocycles. The fourth-order valence-electron chi connectivity index (χ4n) is 1.63. The molecule has 0 atom stereocenters. The van der Waals surface area contributed by atoms with Crippen LogP contribution in [-0.4, -0.2) is 9.55 Å². The molecule has 0 spiro atoms. The Morgan fingerprint density at radius 1 is 1.31 bits per heavy atom. The number of nitrogens with zero attached hydrogens (tertiary/aromatic N) is 2. The molecule has 0 saturated carbocycles. The topological polar surface area (TPSA) is 27.1 Å². The highest BCUT2D eigenvalue weighted by atomic mass is 16.5. The summed E-state index contributed by atoms with van der Waals surface area (Å²) in [6, 6.07) is 8.01. The second-order valence-corrected chi connectivity index (χ2v) is 3.68. The van der Waals surface area contributed by atoms with Gasteiger partial charge in [-0.25, -0.2) is 4.98 Å². The molecule has 0 aliphatic rings. The van der Waals surface area contributed by atoms with Gasteiger partial charge >= 0.3 is 0 Å². The largest absolute Gasteiger partial charge is 0.485 e. The van der Waals surface area contributed by atoms with Crippen LogP contribution in [0, 0.1) is 6.92 Å². The summed E-state index contributed by atoms with van der Waals surface area (Å²) in [6.45, 7) is 5.58. The van der Waals surface area contributed by atoms with Crippen LogP contribution < -0.4 is 4.74 Å². The third-order valence-electron chi connectivity index (χ3n) is 2.59. The van der Waals surface area contributed by atoms with E-state index in [1.165, 1.54) is 0 Å². The second kappa shape index (κ2) is 4.84. The highest BCUT2D eigenvalue weighted by molar-refractivity contribution is 5.31. The average molecular weight is 216 g/mol. The summed E-state index contributed by atoms with van der Waals surface area (Å²) >= 11 is 0. The van der Waals surface area contributed by atoms with E-state index in [0.29, 0.717) is 6.61 Å². The van der Waals surface area contributed by atoms with Crippen LogP contribution in [0.4, 0.5) is 0 Å². The van der Waals surface area contributed by atoms with Crippen LogP contribution in [0.3, 0.4) is 0 Å². The zero-order chi connectivity index (χ0) is 11.4. The summed E-state index contributed by atoms with van der Waals surface area (Å²) in [6.07, 6.45) is 3.77. The zero-order valence-electron chi connectivity index (χ0n) is 9.68. The Labute approximate surface area is 95.7 Å². The van der Waals surface area contributed by atoms with Gasteiger partial charge in [0.15, 0.2) is 0 Å². The first-order valence-corrected chi connectivity index (χ1v) is 5.49. The van der Waals surface area contributed by atoms with Gasteiger partial charge in [0.25, 0.3) is 0 Å². The molecule has 0 aliphatic carbocycles. The summed E-state index contributed by atoms with van der Waals surface area (Å²) in [5.74, 6) is 1.89. The number of para-hydroxylation sites is 1. The van der Waals surface area contributed by atoms with E-state index in [2.05, 4.69) is 16.5 Å². The molecular weight excluding hydrogens is 200 g/mol. The molecule has 1 aromatic heterocycles. The van der Waals surface area contributed by atoms with Gasteiger partial charge in [0.1, 0.15) is 18.2 Å². The van der Waals surface area contributed by atoms with Crippen molar-refractivity contribution in [3.63, 3.8) is 0 Å². The SMILES string of the molecule is CCn1ccnc1COc1ccccc1C. The Morgan fingerprint density at radius 2 is 2.12 bits per heavy atom. The fraction of sp³-hybridized carbons (Fsp3) is 0.308. The quantitative estimate of drug-likeness (QED) is 0.785. The van der Waals surface area contributed by atoms with Gasteiger partial charge in [-0.2, -0.15) is 0 Å². The van der Waals surface area contributed by atoms with Crippen molar-refractivity contribution in [2.24, 2.45) is 0 Å². The standard InChI is InChI=1S/C13H16N2O/c1-3-15-9-8-14-13(15)10-16-12-7-5-4-6-11(12)2/h4-9H,3,10H2,1-2H3. The van der Waals surface area contributed by atoms with Gasteiger partial charge in [0, 0.05) is 18.9 Å². The van der Waals surface area contributed by atoms with Crippen molar-refractivity contribution < 1.29 is 4.74 Å². The van der Waals surface area contributed by atoms with Gasteiger partial charge in [-0.3, -0.25) is 0 Å². The van der Waals surface area contributed by atoms with Crippen molar-refractivity contribution in [2.45, 2.75) is 27.0 Å². The van der Waals surface area contributed by atoms with E-state index in [4.69, 9.17) is 4.74 Å². The molecule has 0 saturated heterocycles. The van der Waals surface area contributed by atoms with Gasteiger partial charge < -0.3 is 9.30 Å². The Bertz CT molecular complexity index is 462. The van der Waals surface area contributed by atoms with Crippen molar-refractivity contribution in [1.82, 2.24) is 9.55 Å². The molecule has 0 amide bonds. The summed E-state index contributed by atoms with van der Waals surface area (Å²) in [5.41, 5.74) is 1.15. The first-order chi connectivity index (χ1) is 7.81. The average Bonchev–Trinajstić information content (AvgIpc) is 2.75. The number of aryl methyl sites for hydroxylation is 2. The first-order valence-electron chi connectivity index (χ1n) is 5.49. The third-order valence-corrected chi connectivity index (χ3v) is 2.59. The summed E-state index contributed by atoms with van der Waals surface area (Å²) in [7, 11) is 0. The molecule has 2 rings (SSSR count). The lowest BCUT2D eigenvalue weighted by molar-refractivity contribution is 0.288. The van der Waals surface area contributed by atoms with Crippen molar-refractivity contribution in [1.29, 1.82) is 0 Å². The Morgan fingerprint density at radius 3 is 2.88 bits per heavy atom. The van der Waals surface area contributed by atoms with Crippen molar-refractivity contribution >= 4 is 0 Å². The fourth-order valence-corrected chi connectivity index (χ4v) is 1.63. The zero-order valence-corrected chi connectivity index (χ0v) is 9.68. The van der Waals surface area contributed by atoms with E-state index in [0.717, 1.165) is 23.7 Å². The molecule has 3 nitrogen and oxygen atoms in total. The number of imidazole rings is 1. The van der Waals surface area contributed by atoms with Crippen LogP contribution in [0.2, 0.25) is 0 Å². The molecule has 0 bridgehead atoms. The Kier molecular flexibility index (Phi) is 3.25. The summed E-state index contributed by atoms with van der Waals surface area (Å²) in [4.78, 5) is 4.27. The van der Waals surface area contributed by atoms with Gasteiger partial charge in [-0.1, -0.05) is 18.2 Å². The van der Waals surface area contributed by atoms with Gasteiger partial charge in [0.2, 0.25) is 0 Å². The number of benzene rings is 1. The van der Waals surface area contributed by atoms with Crippen LogP contribution >= 0.6 is 0 Å². The molecule has 0 unspecified atom stereocenters. The maximum absolute atomic E-state index is 5.74. The van der Waals surface area contributed by atoms with Gasteiger partial charge in [-0.15, -0.1) is 0 Å². The van der Waals surface area contributed by atoms with Gasteiger partial charge in [-0.05, 0) is 25.5 Å². The molecule has 2 aromatic rings. The van der Waals surface area contributed by atoms with Crippen LogP contribution in [0.25, 0.3) is 0 Å². The highest BCUT2D eigenvalue weighted by Gasteiger charge is 2.03. The van der Waals surface area contributed by atoms with E-state index in [9.17, 15) is 0 Å². The van der Waals surface area contributed by atoms with Crippen LogP contribution in [0.15, 0.2) is 36.7 Å². The number of rotatable bonds is 4. The number of hydrogen-bond acceptors (Lipinski definition) is 2. The highest BCUT2D eigenvalue weighted by Crippen LogP contribution is 2.17. The van der Waals surface area contributed by atoms with Crippen molar-refractivity contribution in [2.75, 3.05) is 0 Å². The molecule has 0 radical (unpaired) electrons. The van der Waals surface area contributed by atoms with E-state index in [-0.39, 0.29) is 0 Å². The Hall–Kier alpha value is -1.77. The summed E-state index contributed by atoms with van der Waals surface area (Å²) in [5, 5.41) is 0. The first kappa shape index (κ1) is 10.7. The number of hydrogen-bond donors (Lipinski definition) is 0. The molecule has 0 fully saturated rings. The minimum atomic E-state index is 0.520. The van der Waals surface area contributed by atoms with Crippen molar-refractivity contribution in [3.05, 3.63) is 48.0 Å². The minimum absolute atomic E-state index is 0.520. The van der Waals surface area contributed by atoms with E-state index in [1.807, 2.05) is 37.4 Å². The van der Waals surface area contributed by atoms with Crippen LogP contribution in [0.1, 0.15) is 18.3 Å². The van der Waals surface area contributed by atoms with E-state index < -0.39 is 0 Å². The summed E-state index contributed by atoms with van der Waals surface area (Å²) < 4.78 is 7.82. The lowest BCUT2D eigenvalue weighted by Crippen LogP contribution is -2.05. The lowest BCUT2D eigenvalue weighted by atomic mass is 10.2. The Balaban J connectivity index is 2.05. The normalized spacial score (nSPS) is 10.4. The minimum Gasteiger partial charge on any atom is -0.485 e. The molecule has 3 heteroatoms. The molecule has 16 heavy (non-hydrogen) atoms. The van der Waals surface area contributed by atoms with Gasteiger partial charge in [0.05, 0.1) is 0 Å². The second-order valence-electron chi connectivity index (χ2n) is 3.68. The molecule has 1 aromatic carbocycles. The maximum Gasteiger partial charge on any atom is 0.146 e. The van der Waals surface area contributed by atoms with Crippen molar-refractivity contribution in [3.8, 4) is 5.75 Å². The molecule has 1 heterocycles. The monoisotopic (exact) mass is 216 g/mol. The van der Waals surface area contributed by atoms with Crippen LogP contribution in [0.5, 0.6) is 5.75 Å². The van der Waals surface area contributed by atoms with E-state index in [1.54, 1.807) is 6.20 Å². The number of aromatic nitrogens is 2. The number of ether oxygens (including phenoxy) is 1. The maximum atomic E-state index is 5.74.